The molecule has 1 heterocycles. The number of aryl methyl sites for hydroxylation is 1. The van der Waals surface area contributed by atoms with Gasteiger partial charge < -0.3 is 19.5 Å². The maximum atomic E-state index is 5.59. The van der Waals surface area contributed by atoms with Gasteiger partial charge in [-0.1, -0.05) is 6.07 Å². The predicted molar refractivity (Wildman–Crippen MR) is 108 cm³/mol. The van der Waals surface area contributed by atoms with Crippen LogP contribution in [-0.2, 0) is 0 Å². The Morgan fingerprint density at radius 1 is 0.963 bits per heavy atom. The van der Waals surface area contributed by atoms with Gasteiger partial charge in [0.05, 0.1) is 26.5 Å². The first-order valence-corrected chi connectivity index (χ1v) is 8.90. The monoisotopic (exact) mass is 365 g/mol. The zero-order chi connectivity index (χ0) is 19.0. The molecule has 4 rings (SSSR count). The number of hydrogen-bond acceptors (Lipinski definition) is 4. The fourth-order valence-corrected chi connectivity index (χ4v) is 3.55. The average Bonchev–Trinajstić information content (AvgIpc) is 3.21. The van der Waals surface area contributed by atoms with Crippen molar-refractivity contribution in [1.29, 1.82) is 0 Å². The highest BCUT2D eigenvalue weighted by molar-refractivity contribution is 6.08. The molecule has 140 valence electrons. The highest BCUT2D eigenvalue weighted by atomic mass is 16.5. The molecule has 2 aliphatic rings. The Bertz CT molecular complexity index is 1060. The van der Waals surface area contributed by atoms with Gasteiger partial charge in [0.1, 0.15) is 11.6 Å². The van der Waals surface area contributed by atoms with E-state index in [1.807, 2.05) is 43.3 Å². The molecule has 0 atom stereocenters. The molecule has 1 aliphatic carbocycles. The Hall–Kier alpha value is -3.28. The van der Waals surface area contributed by atoms with Gasteiger partial charge in [0.2, 0.25) is 0 Å². The van der Waals surface area contributed by atoms with Crippen LogP contribution in [0.1, 0.15) is 12.5 Å². The maximum Gasteiger partial charge on any atom is 0.161 e. The van der Waals surface area contributed by atoms with E-state index in [4.69, 9.17) is 14.2 Å². The van der Waals surface area contributed by atoms with Crippen molar-refractivity contribution in [2.24, 2.45) is 0 Å². The van der Waals surface area contributed by atoms with Crippen LogP contribution in [0.2, 0.25) is 0 Å². The second kappa shape index (κ2) is 6.79. The molecule has 2 aromatic carbocycles. The molecule has 0 saturated carbocycles. The van der Waals surface area contributed by atoms with Crippen LogP contribution in [0, 0.1) is 6.92 Å². The summed E-state index contributed by atoms with van der Waals surface area (Å²) in [6.45, 7) is 4.73. The van der Waals surface area contributed by atoms with Gasteiger partial charge in [-0.15, -0.1) is 0 Å². The summed E-state index contributed by atoms with van der Waals surface area (Å²) in [6, 6.07) is 12.0. The summed E-state index contributed by atoms with van der Waals surface area (Å²) in [7, 11) is 3.30. The Morgan fingerprint density at radius 2 is 1.70 bits per heavy atom. The lowest BCUT2D eigenvalue weighted by atomic mass is 10.1. The summed E-state index contributed by atoms with van der Waals surface area (Å²) >= 11 is 0. The first-order valence-electron chi connectivity index (χ1n) is 8.90. The molecule has 0 fully saturated rings. The normalized spacial score (nSPS) is 11.1. The van der Waals surface area contributed by atoms with Gasteiger partial charge in [-0.2, -0.15) is 0 Å². The number of ether oxygens (including phenoxy) is 3. The Balaban J connectivity index is 1.78. The van der Waals surface area contributed by atoms with Gasteiger partial charge in [-0.25, -0.2) is 0 Å². The Kier molecular flexibility index (Phi) is 4.32. The van der Waals surface area contributed by atoms with E-state index in [1.165, 1.54) is 5.56 Å². The largest absolute Gasteiger partial charge is 0.494 e. The summed E-state index contributed by atoms with van der Waals surface area (Å²) in [6.07, 6.45) is 0. The second-order valence-corrected chi connectivity index (χ2v) is 6.34. The summed E-state index contributed by atoms with van der Waals surface area (Å²) in [5.41, 5.74) is 4.27. The lowest BCUT2D eigenvalue weighted by Gasteiger charge is -2.08. The minimum atomic E-state index is 0.640. The summed E-state index contributed by atoms with van der Waals surface area (Å²) < 4.78 is 16.5. The minimum Gasteiger partial charge on any atom is -0.494 e. The molecule has 27 heavy (non-hydrogen) atoms. The van der Waals surface area contributed by atoms with Crippen LogP contribution in [0.3, 0.4) is 0 Å². The van der Waals surface area contributed by atoms with Crippen molar-refractivity contribution in [3.63, 3.8) is 0 Å². The van der Waals surface area contributed by atoms with Gasteiger partial charge in [0.25, 0.3) is 0 Å². The number of benzene rings is 2. The number of rotatable bonds is 6. The summed E-state index contributed by atoms with van der Waals surface area (Å²) in [5.74, 6) is 3.19. The number of methoxy groups -OCH3 is 2. The smallest absolute Gasteiger partial charge is 0.161 e. The second-order valence-electron chi connectivity index (χ2n) is 6.34. The fourth-order valence-electron chi connectivity index (χ4n) is 3.55. The molecule has 0 radical (unpaired) electrons. The standard InChI is InChI=1S/C21H23N3O3/c1-5-27-14-8-6-7-13(9-14)22-21-19-12(2)15-10-17(25-3)18(26-4)11-16(15)20(19)23-24-21/h6-11,22-24H,5H2,1-4H3. The molecule has 0 amide bonds. The molecule has 1 aliphatic heterocycles. The van der Waals surface area contributed by atoms with Crippen molar-refractivity contribution in [2.45, 2.75) is 13.8 Å². The van der Waals surface area contributed by atoms with E-state index in [2.05, 4.69) is 22.4 Å². The third-order valence-electron chi connectivity index (χ3n) is 4.80. The molecular weight excluding hydrogens is 342 g/mol. The molecule has 0 spiro atoms. The van der Waals surface area contributed by atoms with E-state index in [0.29, 0.717) is 12.4 Å². The van der Waals surface area contributed by atoms with Crippen LogP contribution in [0.25, 0.3) is 22.0 Å². The zero-order valence-corrected chi connectivity index (χ0v) is 15.9. The van der Waals surface area contributed by atoms with E-state index in [0.717, 1.165) is 45.0 Å². The van der Waals surface area contributed by atoms with E-state index < -0.39 is 0 Å². The first kappa shape index (κ1) is 17.1. The number of hydrogen-bond donors (Lipinski definition) is 3. The minimum absolute atomic E-state index is 0.640. The van der Waals surface area contributed by atoms with Crippen molar-refractivity contribution in [2.75, 3.05) is 26.1 Å². The van der Waals surface area contributed by atoms with Gasteiger partial charge in [0, 0.05) is 22.7 Å². The van der Waals surface area contributed by atoms with Crippen LogP contribution in [0.15, 0.2) is 36.4 Å². The number of H-pyrrole nitrogens is 2. The zero-order valence-electron chi connectivity index (χ0n) is 15.9. The van der Waals surface area contributed by atoms with Crippen molar-refractivity contribution in [1.82, 2.24) is 10.2 Å². The molecule has 2 aromatic rings. The molecule has 0 bridgehead atoms. The quantitative estimate of drug-likeness (QED) is 0.446. The summed E-state index contributed by atoms with van der Waals surface area (Å²) in [5, 5.41) is 12.2. The highest BCUT2D eigenvalue weighted by Gasteiger charge is 2.23. The molecule has 6 heteroatoms. The highest BCUT2D eigenvalue weighted by Crippen LogP contribution is 2.45. The number of fused-ring (bicyclic) bond motifs is 3. The molecule has 0 aromatic heterocycles. The molecule has 0 unspecified atom stereocenters. The molecular formula is C21H23N3O3. The fraction of sp³-hybridized carbons (Fsp3) is 0.238. The van der Waals surface area contributed by atoms with Crippen LogP contribution in [-0.4, -0.2) is 31.0 Å². The third-order valence-corrected chi connectivity index (χ3v) is 4.80. The lowest BCUT2D eigenvalue weighted by Crippen LogP contribution is -1.95. The lowest BCUT2D eigenvalue weighted by molar-refractivity contribution is 0.340. The van der Waals surface area contributed by atoms with Gasteiger partial charge in [-0.05, 0) is 49.1 Å². The van der Waals surface area contributed by atoms with Crippen LogP contribution in [0.4, 0.5) is 11.5 Å². The van der Waals surface area contributed by atoms with E-state index >= 15 is 0 Å². The Labute approximate surface area is 157 Å². The van der Waals surface area contributed by atoms with E-state index in [1.54, 1.807) is 14.2 Å². The van der Waals surface area contributed by atoms with Crippen molar-refractivity contribution >= 4 is 22.3 Å². The number of nitrogens with one attached hydrogen (secondary N) is 3. The third kappa shape index (κ3) is 2.83. The maximum absolute atomic E-state index is 5.59. The molecule has 6 nitrogen and oxygen atoms in total. The SMILES string of the molecule is CCOc1cccc(Nc2[nH][nH]c3c4cc(OC)c(OC)cc4c(C)c2-3)c1. The van der Waals surface area contributed by atoms with Crippen molar-refractivity contribution in [3.8, 4) is 28.5 Å². The molecule has 0 saturated heterocycles. The van der Waals surface area contributed by atoms with E-state index in [-0.39, 0.29) is 0 Å². The van der Waals surface area contributed by atoms with Crippen LogP contribution in [0.5, 0.6) is 17.2 Å². The summed E-state index contributed by atoms with van der Waals surface area (Å²) in [4.78, 5) is 0. The van der Waals surface area contributed by atoms with Crippen molar-refractivity contribution in [3.05, 3.63) is 42.0 Å². The van der Waals surface area contributed by atoms with Gasteiger partial charge in [-0.3, -0.25) is 10.2 Å². The van der Waals surface area contributed by atoms with Crippen molar-refractivity contribution < 1.29 is 14.2 Å². The number of aromatic nitrogens is 2. The topological polar surface area (TPSA) is 71.3 Å². The van der Waals surface area contributed by atoms with Crippen LogP contribution >= 0.6 is 0 Å². The van der Waals surface area contributed by atoms with Crippen LogP contribution < -0.4 is 19.5 Å². The Morgan fingerprint density at radius 3 is 2.41 bits per heavy atom. The average molecular weight is 365 g/mol. The number of aromatic amines is 2. The predicted octanol–water partition coefficient (Wildman–Crippen LogP) is 5.07. The first-order chi connectivity index (χ1) is 13.2. The molecule has 3 N–H and O–H groups in total. The van der Waals surface area contributed by atoms with E-state index in [9.17, 15) is 0 Å². The van der Waals surface area contributed by atoms with Gasteiger partial charge >= 0.3 is 0 Å². The van der Waals surface area contributed by atoms with Gasteiger partial charge in [0.15, 0.2) is 11.5 Å². The number of anilines is 2.